The molecule has 0 aromatic heterocycles. The third-order valence-corrected chi connectivity index (χ3v) is 3.26. The lowest BCUT2D eigenvalue weighted by Gasteiger charge is -2.25. The summed E-state index contributed by atoms with van der Waals surface area (Å²) in [6, 6.07) is 0.482. The Kier molecular flexibility index (Phi) is 10.4. The molecule has 0 radical (unpaired) electrons. The van der Waals surface area contributed by atoms with Gasteiger partial charge in [-0.05, 0) is 59.4 Å². The molecule has 21 heavy (non-hydrogen) atoms. The first-order valence-corrected chi connectivity index (χ1v) is 8.08. The third kappa shape index (κ3) is 11.5. The van der Waals surface area contributed by atoms with Gasteiger partial charge < -0.3 is 20.1 Å². The first-order valence-electron chi connectivity index (χ1n) is 8.08. The van der Waals surface area contributed by atoms with E-state index < -0.39 is 5.60 Å². The van der Waals surface area contributed by atoms with E-state index in [1.54, 1.807) is 11.9 Å². The average molecular weight is 302 g/mol. The molecule has 5 heteroatoms. The Labute approximate surface area is 130 Å². The highest BCUT2D eigenvalue weighted by atomic mass is 16.6. The number of carbonyl (C=O) groups is 1. The smallest absolute Gasteiger partial charge is 0.410 e. The summed E-state index contributed by atoms with van der Waals surface area (Å²) in [5.74, 6) is 0. The quantitative estimate of drug-likeness (QED) is 0.609. The zero-order valence-corrected chi connectivity index (χ0v) is 14.4. The number of aliphatic hydroxyl groups is 1. The number of carbonyl (C=O) groups excluding carboxylic acids is 1. The number of hydrogen-bond donors (Lipinski definition) is 2. The van der Waals surface area contributed by atoms with Crippen molar-refractivity contribution in [2.75, 3.05) is 26.7 Å². The topological polar surface area (TPSA) is 61.8 Å². The van der Waals surface area contributed by atoms with Crippen LogP contribution in [0.2, 0.25) is 0 Å². The number of rotatable bonds is 10. The van der Waals surface area contributed by atoms with E-state index in [0.717, 1.165) is 38.6 Å². The molecule has 0 aliphatic rings. The number of ether oxygens (including phenoxy) is 1. The van der Waals surface area contributed by atoms with Gasteiger partial charge in [-0.1, -0.05) is 6.92 Å². The van der Waals surface area contributed by atoms with Crippen LogP contribution in [0, 0.1) is 0 Å². The van der Waals surface area contributed by atoms with Crippen molar-refractivity contribution in [1.82, 2.24) is 10.2 Å². The van der Waals surface area contributed by atoms with Crippen LogP contribution in [0.4, 0.5) is 4.79 Å². The van der Waals surface area contributed by atoms with Crippen molar-refractivity contribution in [3.63, 3.8) is 0 Å². The van der Waals surface area contributed by atoms with Crippen molar-refractivity contribution in [2.45, 2.75) is 71.4 Å². The second-order valence-corrected chi connectivity index (χ2v) is 6.53. The molecule has 5 nitrogen and oxygen atoms in total. The van der Waals surface area contributed by atoms with Crippen molar-refractivity contribution in [1.29, 1.82) is 0 Å². The standard InChI is InChI=1S/C16H34N2O3/c1-6-14(17-11-7-8-13-19)10-9-12-18(5)15(20)21-16(2,3)4/h14,17,19H,6-13H2,1-5H3. The SMILES string of the molecule is CCC(CCCN(C)C(=O)OC(C)(C)C)NCCCCO. The Morgan fingerprint density at radius 3 is 2.48 bits per heavy atom. The molecule has 0 fully saturated rings. The van der Waals surface area contributed by atoms with Gasteiger partial charge in [0.2, 0.25) is 0 Å². The number of aliphatic hydroxyl groups excluding tert-OH is 1. The Morgan fingerprint density at radius 2 is 1.95 bits per heavy atom. The number of amides is 1. The molecule has 0 aromatic rings. The van der Waals surface area contributed by atoms with Crippen LogP contribution in [-0.2, 0) is 4.74 Å². The molecule has 0 rings (SSSR count). The summed E-state index contributed by atoms with van der Waals surface area (Å²) in [7, 11) is 1.78. The van der Waals surface area contributed by atoms with Crippen LogP contribution in [0.5, 0.6) is 0 Å². The van der Waals surface area contributed by atoms with Gasteiger partial charge in [0.1, 0.15) is 5.60 Å². The number of unbranched alkanes of at least 4 members (excludes halogenated alkanes) is 1. The van der Waals surface area contributed by atoms with Gasteiger partial charge >= 0.3 is 6.09 Å². The summed E-state index contributed by atoms with van der Waals surface area (Å²) in [6.45, 7) is 9.72. The molecule has 0 saturated carbocycles. The van der Waals surface area contributed by atoms with E-state index in [0.29, 0.717) is 12.6 Å². The fourth-order valence-electron chi connectivity index (χ4n) is 2.00. The maximum absolute atomic E-state index is 11.8. The Morgan fingerprint density at radius 1 is 1.29 bits per heavy atom. The van der Waals surface area contributed by atoms with Crippen LogP contribution < -0.4 is 5.32 Å². The molecule has 1 atom stereocenters. The first-order chi connectivity index (χ1) is 9.80. The van der Waals surface area contributed by atoms with Crippen molar-refractivity contribution in [3.05, 3.63) is 0 Å². The molecule has 0 saturated heterocycles. The predicted molar refractivity (Wildman–Crippen MR) is 86.5 cm³/mol. The largest absolute Gasteiger partial charge is 0.444 e. The van der Waals surface area contributed by atoms with E-state index in [4.69, 9.17) is 9.84 Å². The van der Waals surface area contributed by atoms with Gasteiger partial charge in [0.15, 0.2) is 0 Å². The van der Waals surface area contributed by atoms with Crippen molar-refractivity contribution < 1.29 is 14.6 Å². The normalized spacial score (nSPS) is 13.0. The summed E-state index contributed by atoms with van der Waals surface area (Å²) in [4.78, 5) is 13.5. The predicted octanol–water partition coefficient (Wildman–Crippen LogP) is 2.77. The summed E-state index contributed by atoms with van der Waals surface area (Å²) in [6.07, 6.45) is 4.68. The monoisotopic (exact) mass is 302 g/mol. The van der Waals surface area contributed by atoms with E-state index in [-0.39, 0.29) is 12.7 Å². The highest BCUT2D eigenvalue weighted by Gasteiger charge is 2.19. The fraction of sp³-hybridized carbons (Fsp3) is 0.938. The van der Waals surface area contributed by atoms with Gasteiger partial charge in [0, 0.05) is 26.2 Å². The molecule has 2 N–H and O–H groups in total. The second-order valence-electron chi connectivity index (χ2n) is 6.53. The lowest BCUT2D eigenvalue weighted by Crippen LogP contribution is -2.35. The Hall–Kier alpha value is -0.810. The molecule has 1 amide bonds. The minimum atomic E-state index is -0.439. The van der Waals surface area contributed by atoms with Crippen LogP contribution in [0.1, 0.15) is 59.8 Å². The number of nitrogens with one attached hydrogen (secondary N) is 1. The Balaban J connectivity index is 3.85. The average Bonchev–Trinajstić information content (AvgIpc) is 2.39. The molecule has 0 aliphatic carbocycles. The maximum Gasteiger partial charge on any atom is 0.410 e. The van der Waals surface area contributed by atoms with Crippen LogP contribution >= 0.6 is 0 Å². The minimum Gasteiger partial charge on any atom is -0.444 e. The van der Waals surface area contributed by atoms with Crippen LogP contribution in [0.3, 0.4) is 0 Å². The molecular formula is C16H34N2O3. The molecular weight excluding hydrogens is 268 g/mol. The molecule has 0 heterocycles. The van der Waals surface area contributed by atoms with Gasteiger partial charge in [0.25, 0.3) is 0 Å². The summed E-state index contributed by atoms with van der Waals surface area (Å²) in [5, 5.41) is 12.2. The fourth-order valence-corrected chi connectivity index (χ4v) is 2.00. The van der Waals surface area contributed by atoms with E-state index >= 15 is 0 Å². The van der Waals surface area contributed by atoms with Crippen molar-refractivity contribution in [3.8, 4) is 0 Å². The summed E-state index contributed by atoms with van der Waals surface area (Å²) in [5.41, 5.74) is -0.439. The van der Waals surface area contributed by atoms with Gasteiger partial charge in [-0.2, -0.15) is 0 Å². The zero-order chi connectivity index (χ0) is 16.3. The number of nitrogens with zero attached hydrogens (tertiary/aromatic N) is 1. The van der Waals surface area contributed by atoms with Gasteiger partial charge in [-0.15, -0.1) is 0 Å². The van der Waals surface area contributed by atoms with Crippen molar-refractivity contribution >= 4 is 6.09 Å². The van der Waals surface area contributed by atoms with Gasteiger partial charge in [0.05, 0.1) is 0 Å². The minimum absolute atomic E-state index is 0.258. The lowest BCUT2D eigenvalue weighted by molar-refractivity contribution is 0.0295. The van der Waals surface area contributed by atoms with Gasteiger partial charge in [-0.3, -0.25) is 0 Å². The number of hydrogen-bond acceptors (Lipinski definition) is 4. The summed E-state index contributed by atoms with van der Waals surface area (Å²) < 4.78 is 5.32. The van der Waals surface area contributed by atoms with E-state index in [2.05, 4.69) is 12.2 Å². The van der Waals surface area contributed by atoms with E-state index in [9.17, 15) is 4.79 Å². The van der Waals surface area contributed by atoms with E-state index in [1.807, 2.05) is 20.8 Å². The molecule has 1 unspecified atom stereocenters. The zero-order valence-electron chi connectivity index (χ0n) is 14.4. The van der Waals surface area contributed by atoms with Crippen LogP contribution in [0.15, 0.2) is 0 Å². The van der Waals surface area contributed by atoms with Gasteiger partial charge in [-0.25, -0.2) is 4.79 Å². The third-order valence-electron chi connectivity index (χ3n) is 3.26. The second kappa shape index (κ2) is 10.9. The molecule has 0 aromatic carbocycles. The first kappa shape index (κ1) is 20.2. The maximum atomic E-state index is 11.8. The molecule has 0 bridgehead atoms. The molecule has 126 valence electrons. The molecule has 0 aliphatic heterocycles. The van der Waals surface area contributed by atoms with Crippen LogP contribution in [0.25, 0.3) is 0 Å². The summed E-state index contributed by atoms with van der Waals surface area (Å²) >= 11 is 0. The lowest BCUT2D eigenvalue weighted by atomic mass is 10.1. The molecule has 0 spiro atoms. The van der Waals surface area contributed by atoms with Crippen molar-refractivity contribution in [2.24, 2.45) is 0 Å². The highest BCUT2D eigenvalue weighted by Crippen LogP contribution is 2.10. The van der Waals surface area contributed by atoms with E-state index in [1.165, 1.54) is 0 Å². The van der Waals surface area contributed by atoms with Crippen LogP contribution in [-0.4, -0.2) is 54.5 Å². The highest BCUT2D eigenvalue weighted by molar-refractivity contribution is 5.67. The Bertz CT molecular complexity index is 277.